The largest absolute Gasteiger partial charge is 0.506 e. The number of rotatable bonds is 1. The van der Waals surface area contributed by atoms with Crippen LogP contribution in [0.25, 0.3) is 0 Å². The summed E-state index contributed by atoms with van der Waals surface area (Å²) >= 11 is 0. The van der Waals surface area contributed by atoms with Crippen LogP contribution < -0.4 is 5.73 Å². The fourth-order valence-corrected chi connectivity index (χ4v) is 2.01. The van der Waals surface area contributed by atoms with E-state index in [9.17, 15) is 9.90 Å². The first-order valence-corrected chi connectivity index (χ1v) is 5.77. The molecule has 0 saturated carbocycles. The van der Waals surface area contributed by atoms with Gasteiger partial charge in [-0.15, -0.1) is 0 Å². The zero-order valence-electron chi connectivity index (χ0n) is 9.84. The second-order valence-corrected chi connectivity index (χ2v) is 4.61. The van der Waals surface area contributed by atoms with Crippen LogP contribution in [0.2, 0.25) is 0 Å². The van der Waals surface area contributed by atoms with Gasteiger partial charge in [-0.25, -0.2) is 0 Å². The zero-order chi connectivity index (χ0) is 12.4. The molecule has 0 bridgehead atoms. The van der Waals surface area contributed by atoms with Crippen LogP contribution in [-0.4, -0.2) is 40.0 Å². The van der Waals surface area contributed by atoms with Crippen LogP contribution in [0.4, 0.5) is 0 Å². The minimum absolute atomic E-state index is 0.00512. The molecule has 1 aliphatic rings. The number of hydrogen-bond donors (Lipinski definition) is 2. The lowest BCUT2D eigenvalue weighted by molar-refractivity contribution is 0.0671. The highest BCUT2D eigenvalue weighted by molar-refractivity contribution is 5.94. The van der Waals surface area contributed by atoms with Crippen molar-refractivity contribution in [3.05, 3.63) is 24.0 Å². The Morgan fingerprint density at radius 3 is 3.00 bits per heavy atom. The molecule has 92 valence electrons. The first-order chi connectivity index (χ1) is 8.08. The summed E-state index contributed by atoms with van der Waals surface area (Å²) in [5, 5.41) is 9.30. The number of likely N-dealkylation sites (tertiary alicyclic amines) is 1. The van der Waals surface area contributed by atoms with Crippen molar-refractivity contribution in [2.24, 2.45) is 11.7 Å². The Morgan fingerprint density at radius 1 is 1.59 bits per heavy atom. The number of amides is 1. The highest BCUT2D eigenvalue weighted by Crippen LogP contribution is 2.18. The van der Waals surface area contributed by atoms with Crippen molar-refractivity contribution in [1.29, 1.82) is 0 Å². The van der Waals surface area contributed by atoms with E-state index in [0.717, 1.165) is 6.42 Å². The van der Waals surface area contributed by atoms with Crippen molar-refractivity contribution in [1.82, 2.24) is 9.88 Å². The summed E-state index contributed by atoms with van der Waals surface area (Å²) in [4.78, 5) is 17.7. The van der Waals surface area contributed by atoms with Crippen LogP contribution in [-0.2, 0) is 0 Å². The van der Waals surface area contributed by atoms with E-state index in [1.807, 2.05) is 0 Å². The molecule has 17 heavy (non-hydrogen) atoms. The van der Waals surface area contributed by atoms with Gasteiger partial charge in [0.2, 0.25) is 0 Å². The molecule has 1 saturated heterocycles. The van der Waals surface area contributed by atoms with Crippen molar-refractivity contribution in [3.63, 3.8) is 0 Å². The fourth-order valence-electron chi connectivity index (χ4n) is 2.01. The van der Waals surface area contributed by atoms with Gasteiger partial charge < -0.3 is 15.7 Å². The first-order valence-electron chi connectivity index (χ1n) is 5.77. The van der Waals surface area contributed by atoms with Gasteiger partial charge in [-0.05, 0) is 18.4 Å². The van der Waals surface area contributed by atoms with Gasteiger partial charge in [0.15, 0.2) is 0 Å². The Hall–Kier alpha value is -1.62. The van der Waals surface area contributed by atoms with Crippen molar-refractivity contribution in [2.45, 2.75) is 19.4 Å². The number of pyridine rings is 1. The number of aromatic nitrogens is 1. The smallest absolute Gasteiger partial charge is 0.255 e. The number of aromatic hydroxyl groups is 1. The Morgan fingerprint density at radius 2 is 2.35 bits per heavy atom. The van der Waals surface area contributed by atoms with Crippen molar-refractivity contribution < 1.29 is 9.90 Å². The maximum atomic E-state index is 12.1. The molecular formula is C12H17N3O2. The third-order valence-electron chi connectivity index (χ3n) is 3.27. The summed E-state index contributed by atoms with van der Waals surface area (Å²) in [5.41, 5.74) is 6.36. The van der Waals surface area contributed by atoms with Gasteiger partial charge in [-0.3, -0.25) is 9.78 Å². The van der Waals surface area contributed by atoms with Gasteiger partial charge in [0.1, 0.15) is 5.75 Å². The minimum atomic E-state index is -0.115. The van der Waals surface area contributed by atoms with Crippen molar-refractivity contribution in [3.8, 4) is 5.75 Å². The molecular weight excluding hydrogens is 218 g/mol. The number of carbonyl (C=O) groups excluding carboxylic acids is 1. The lowest BCUT2D eigenvalue weighted by Crippen LogP contribution is -2.49. The number of carbonyl (C=O) groups is 1. The van der Waals surface area contributed by atoms with Crippen LogP contribution in [0.1, 0.15) is 23.7 Å². The maximum absolute atomic E-state index is 12.1. The summed E-state index contributed by atoms with van der Waals surface area (Å²) in [6.45, 7) is 3.38. The van der Waals surface area contributed by atoms with Crippen LogP contribution >= 0.6 is 0 Å². The molecule has 1 fully saturated rings. The van der Waals surface area contributed by atoms with Gasteiger partial charge in [-0.2, -0.15) is 0 Å². The Balaban J connectivity index is 2.10. The third kappa shape index (κ3) is 2.55. The normalized spacial score (nSPS) is 24.7. The van der Waals surface area contributed by atoms with E-state index in [0.29, 0.717) is 24.6 Å². The van der Waals surface area contributed by atoms with Gasteiger partial charge in [0.25, 0.3) is 5.91 Å². The number of piperidine rings is 1. The van der Waals surface area contributed by atoms with Gasteiger partial charge in [-0.1, -0.05) is 6.92 Å². The molecule has 2 rings (SSSR count). The second-order valence-electron chi connectivity index (χ2n) is 4.61. The predicted molar refractivity (Wildman–Crippen MR) is 63.6 cm³/mol. The Labute approximate surface area is 100 Å². The first kappa shape index (κ1) is 11.9. The number of nitrogens with two attached hydrogens (primary N) is 1. The van der Waals surface area contributed by atoms with E-state index in [2.05, 4.69) is 11.9 Å². The molecule has 5 heteroatoms. The monoisotopic (exact) mass is 235 g/mol. The Bertz CT molecular complexity index is 422. The summed E-state index contributed by atoms with van der Waals surface area (Å²) < 4.78 is 0. The molecule has 0 aliphatic carbocycles. The summed E-state index contributed by atoms with van der Waals surface area (Å²) in [6.07, 6.45) is 3.69. The number of nitrogens with zero attached hydrogens (tertiary/aromatic N) is 2. The summed E-state index contributed by atoms with van der Waals surface area (Å²) in [7, 11) is 0. The second kappa shape index (κ2) is 4.71. The average Bonchev–Trinajstić information content (AvgIpc) is 2.32. The highest BCUT2D eigenvalue weighted by atomic mass is 16.3. The lowest BCUT2D eigenvalue weighted by Gasteiger charge is -2.35. The molecule has 0 radical (unpaired) electrons. The van der Waals surface area contributed by atoms with E-state index in [-0.39, 0.29) is 17.7 Å². The molecule has 1 aromatic rings. The third-order valence-corrected chi connectivity index (χ3v) is 3.27. The number of hydrogen-bond acceptors (Lipinski definition) is 4. The van der Waals surface area contributed by atoms with Gasteiger partial charge >= 0.3 is 0 Å². The molecule has 0 aromatic carbocycles. The SMILES string of the molecule is CC1CCN(C(=O)c2cncc(O)c2)CC1N. The van der Waals surface area contributed by atoms with E-state index < -0.39 is 0 Å². The van der Waals surface area contributed by atoms with E-state index in [4.69, 9.17) is 5.73 Å². The lowest BCUT2D eigenvalue weighted by atomic mass is 9.94. The van der Waals surface area contributed by atoms with Crippen molar-refractivity contribution in [2.75, 3.05) is 13.1 Å². The standard InChI is InChI=1S/C12H17N3O2/c1-8-2-3-15(7-11(8)13)12(17)9-4-10(16)6-14-5-9/h4-6,8,11,16H,2-3,7,13H2,1H3. The molecule has 1 aromatic heterocycles. The zero-order valence-corrected chi connectivity index (χ0v) is 9.84. The maximum Gasteiger partial charge on any atom is 0.255 e. The molecule has 5 nitrogen and oxygen atoms in total. The predicted octanol–water partition coefficient (Wildman–Crippen LogP) is 0.597. The van der Waals surface area contributed by atoms with E-state index in [1.54, 1.807) is 4.90 Å². The molecule has 3 N–H and O–H groups in total. The molecule has 2 unspecified atom stereocenters. The van der Waals surface area contributed by atoms with Crippen molar-refractivity contribution >= 4 is 5.91 Å². The van der Waals surface area contributed by atoms with Crippen LogP contribution in [0.5, 0.6) is 5.75 Å². The Kier molecular flexibility index (Phi) is 3.28. The van der Waals surface area contributed by atoms with Gasteiger partial charge in [0, 0.05) is 25.3 Å². The summed E-state index contributed by atoms with van der Waals surface area (Å²) in [6, 6.07) is 1.46. The van der Waals surface area contributed by atoms with Crippen LogP contribution in [0.15, 0.2) is 18.5 Å². The van der Waals surface area contributed by atoms with E-state index in [1.165, 1.54) is 18.5 Å². The molecule has 2 atom stereocenters. The quantitative estimate of drug-likeness (QED) is 0.747. The molecule has 2 heterocycles. The topological polar surface area (TPSA) is 79.5 Å². The van der Waals surface area contributed by atoms with E-state index >= 15 is 0 Å². The molecule has 0 spiro atoms. The summed E-state index contributed by atoms with van der Waals surface area (Å²) in [5.74, 6) is 0.336. The molecule has 1 amide bonds. The van der Waals surface area contributed by atoms with Crippen LogP contribution in [0, 0.1) is 5.92 Å². The average molecular weight is 235 g/mol. The molecule has 1 aliphatic heterocycles. The minimum Gasteiger partial charge on any atom is -0.506 e. The fraction of sp³-hybridized carbons (Fsp3) is 0.500. The van der Waals surface area contributed by atoms with Crippen LogP contribution in [0.3, 0.4) is 0 Å². The highest BCUT2D eigenvalue weighted by Gasteiger charge is 2.27. The van der Waals surface area contributed by atoms with Gasteiger partial charge in [0.05, 0.1) is 11.8 Å².